The summed E-state index contributed by atoms with van der Waals surface area (Å²) in [7, 11) is 0. The summed E-state index contributed by atoms with van der Waals surface area (Å²) in [4.78, 5) is 26.3. The maximum absolute atomic E-state index is 13.6. The minimum atomic E-state index is -0.924. The van der Waals surface area contributed by atoms with E-state index in [1.807, 2.05) is 26.0 Å². The molecule has 2 rings (SSSR count). The normalized spacial score (nSPS) is 10.5. The molecule has 0 fully saturated rings. The van der Waals surface area contributed by atoms with E-state index >= 15 is 0 Å². The fourth-order valence-corrected chi connectivity index (χ4v) is 2.79. The lowest BCUT2D eigenvalue weighted by molar-refractivity contribution is -0.133. The number of hydrogen-bond acceptors (Lipinski definition) is 3. The lowest BCUT2D eigenvalue weighted by Gasteiger charge is -2.27. The van der Waals surface area contributed by atoms with E-state index in [1.54, 1.807) is 17.0 Å². The largest absolute Gasteiger partial charge is 0.352 e. The second kappa shape index (κ2) is 10.3. The summed E-state index contributed by atoms with van der Waals surface area (Å²) >= 11 is 0. The van der Waals surface area contributed by atoms with E-state index < -0.39 is 17.5 Å². The van der Waals surface area contributed by atoms with Crippen LogP contribution in [0.15, 0.2) is 42.5 Å². The van der Waals surface area contributed by atoms with E-state index in [0.29, 0.717) is 24.6 Å². The zero-order valence-corrected chi connectivity index (χ0v) is 16.4. The van der Waals surface area contributed by atoms with Gasteiger partial charge < -0.3 is 10.2 Å². The molecular weight excluding hydrogens is 376 g/mol. The van der Waals surface area contributed by atoms with Crippen molar-refractivity contribution in [3.63, 3.8) is 0 Å². The van der Waals surface area contributed by atoms with Gasteiger partial charge in [0.25, 0.3) is 5.91 Å². The van der Waals surface area contributed by atoms with E-state index in [-0.39, 0.29) is 30.5 Å². The van der Waals surface area contributed by atoms with Gasteiger partial charge in [0.05, 0.1) is 17.2 Å². The summed E-state index contributed by atoms with van der Waals surface area (Å²) in [6.07, 6.45) is 0.616. The first kappa shape index (κ1) is 22.0. The first-order valence-corrected chi connectivity index (χ1v) is 9.33. The summed E-state index contributed by atoms with van der Waals surface area (Å²) in [6, 6.07) is 11.9. The molecule has 0 aliphatic carbocycles. The molecular formula is C22H23F2N3O2. The number of hydrogen-bond donors (Lipinski definition) is 1. The third kappa shape index (κ3) is 6.39. The number of amides is 2. The van der Waals surface area contributed by atoms with Crippen molar-refractivity contribution in [1.82, 2.24) is 10.2 Å². The topological polar surface area (TPSA) is 73.2 Å². The van der Waals surface area contributed by atoms with Gasteiger partial charge in [-0.25, -0.2) is 8.78 Å². The molecule has 2 aromatic rings. The van der Waals surface area contributed by atoms with Gasteiger partial charge in [-0.2, -0.15) is 5.26 Å². The van der Waals surface area contributed by atoms with Crippen LogP contribution in [0.25, 0.3) is 0 Å². The third-order valence-corrected chi connectivity index (χ3v) is 4.41. The molecule has 0 saturated carbocycles. The molecule has 5 nitrogen and oxygen atoms in total. The number of nitriles is 1. The van der Waals surface area contributed by atoms with Gasteiger partial charge in [-0.1, -0.05) is 12.1 Å². The summed E-state index contributed by atoms with van der Waals surface area (Å²) in [6.45, 7) is 4.46. The number of nitrogens with one attached hydrogen (secondary N) is 1. The van der Waals surface area contributed by atoms with Crippen LogP contribution in [0.2, 0.25) is 0 Å². The Bertz CT molecular complexity index is 905. The van der Waals surface area contributed by atoms with Crippen LogP contribution < -0.4 is 5.32 Å². The molecule has 0 saturated heterocycles. The molecule has 0 unspecified atom stereocenters. The Morgan fingerprint density at radius 1 is 1.14 bits per heavy atom. The van der Waals surface area contributed by atoms with Crippen molar-refractivity contribution in [2.24, 2.45) is 0 Å². The van der Waals surface area contributed by atoms with Gasteiger partial charge in [-0.05, 0) is 50.1 Å². The fraction of sp³-hybridized carbons (Fsp3) is 0.318. The van der Waals surface area contributed by atoms with Crippen molar-refractivity contribution in [2.75, 3.05) is 6.54 Å². The average molecular weight is 399 g/mol. The van der Waals surface area contributed by atoms with Crippen LogP contribution in [0.4, 0.5) is 8.78 Å². The first-order chi connectivity index (χ1) is 13.8. The van der Waals surface area contributed by atoms with Gasteiger partial charge in [0.1, 0.15) is 11.6 Å². The number of carbonyl (C=O) groups excluding carboxylic acids is 2. The van der Waals surface area contributed by atoms with Gasteiger partial charge in [-0.15, -0.1) is 0 Å². The zero-order chi connectivity index (χ0) is 21.4. The van der Waals surface area contributed by atoms with Crippen LogP contribution in [0.5, 0.6) is 0 Å². The van der Waals surface area contributed by atoms with E-state index in [0.717, 1.165) is 17.7 Å². The highest BCUT2D eigenvalue weighted by molar-refractivity contribution is 5.94. The maximum Gasteiger partial charge on any atom is 0.254 e. The molecule has 0 atom stereocenters. The summed E-state index contributed by atoms with van der Waals surface area (Å²) in [5.41, 5.74) is 1.25. The number of halogens is 2. The van der Waals surface area contributed by atoms with Crippen LogP contribution in [-0.4, -0.2) is 29.3 Å². The van der Waals surface area contributed by atoms with Gasteiger partial charge in [0.15, 0.2) is 0 Å². The van der Waals surface area contributed by atoms with E-state index in [1.165, 1.54) is 0 Å². The molecule has 1 N–H and O–H groups in total. The van der Waals surface area contributed by atoms with Gasteiger partial charge in [-0.3, -0.25) is 9.59 Å². The number of carbonyl (C=O) groups is 2. The van der Waals surface area contributed by atoms with Gasteiger partial charge >= 0.3 is 0 Å². The molecule has 7 heteroatoms. The molecule has 0 aliphatic heterocycles. The fourth-order valence-electron chi connectivity index (χ4n) is 2.79. The highest BCUT2D eigenvalue weighted by atomic mass is 19.1. The highest BCUT2D eigenvalue weighted by Gasteiger charge is 2.17. The predicted molar refractivity (Wildman–Crippen MR) is 105 cm³/mol. The molecule has 0 aromatic heterocycles. The first-order valence-electron chi connectivity index (χ1n) is 9.33. The minimum absolute atomic E-state index is 0.0129. The maximum atomic E-state index is 13.6. The van der Waals surface area contributed by atoms with Crippen LogP contribution in [0.3, 0.4) is 0 Å². The van der Waals surface area contributed by atoms with Crippen molar-refractivity contribution < 1.29 is 18.4 Å². The second-order valence-corrected chi connectivity index (χ2v) is 6.91. The summed E-state index contributed by atoms with van der Waals surface area (Å²) in [5, 5.41) is 11.4. The van der Waals surface area contributed by atoms with Crippen LogP contribution in [0, 0.1) is 23.0 Å². The van der Waals surface area contributed by atoms with E-state index in [2.05, 4.69) is 11.4 Å². The monoisotopic (exact) mass is 399 g/mol. The molecule has 152 valence electrons. The Hall–Kier alpha value is -3.27. The quantitative estimate of drug-likeness (QED) is 0.687. The van der Waals surface area contributed by atoms with Crippen molar-refractivity contribution >= 4 is 11.8 Å². The van der Waals surface area contributed by atoms with Crippen LogP contribution in [0.1, 0.15) is 48.2 Å². The molecule has 29 heavy (non-hydrogen) atoms. The Labute approximate surface area is 168 Å². The molecule has 0 heterocycles. The molecule has 0 spiro atoms. The Morgan fingerprint density at radius 2 is 1.83 bits per heavy atom. The lowest BCUT2D eigenvalue weighted by atomic mass is 10.1. The Kier molecular flexibility index (Phi) is 7.84. The zero-order valence-electron chi connectivity index (χ0n) is 16.4. The number of rotatable bonds is 8. The highest BCUT2D eigenvalue weighted by Crippen LogP contribution is 2.13. The number of benzene rings is 2. The van der Waals surface area contributed by atoms with Crippen molar-refractivity contribution in [3.05, 3.63) is 70.8 Å². The summed E-state index contributed by atoms with van der Waals surface area (Å²) < 4.78 is 26.5. The molecule has 2 amide bonds. The van der Waals surface area contributed by atoms with Gasteiger partial charge in [0, 0.05) is 31.6 Å². The Morgan fingerprint density at radius 3 is 2.41 bits per heavy atom. The molecule has 0 radical (unpaired) electrons. The smallest absolute Gasteiger partial charge is 0.254 e. The SMILES string of the molecule is CC(C)N(Cc1ccc(C#N)cc1)C(=O)CCCNC(=O)c1ccc(F)cc1F. The number of nitrogens with zero attached hydrogens (tertiary/aromatic N) is 2. The second-order valence-electron chi connectivity index (χ2n) is 6.91. The lowest BCUT2D eigenvalue weighted by Crippen LogP contribution is -2.36. The molecule has 0 bridgehead atoms. The third-order valence-electron chi connectivity index (χ3n) is 4.41. The average Bonchev–Trinajstić information content (AvgIpc) is 2.69. The predicted octanol–water partition coefficient (Wildman–Crippen LogP) is 3.78. The molecule has 2 aromatic carbocycles. The van der Waals surface area contributed by atoms with E-state index in [9.17, 15) is 18.4 Å². The van der Waals surface area contributed by atoms with Crippen molar-refractivity contribution in [1.29, 1.82) is 5.26 Å². The summed E-state index contributed by atoms with van der Waals surface area (Å²) in [5.74, 6) is -2.38. The molecule has 0 aliphatic rings. The van der Waals surface area contributed by atoms with Crippen LogP contribution in [-0.2, 0) is 11.3 Å². The minimum Gasteiger partial charge on any atom is -0.352 e. The van der Waals surface area contributed by atoms with Crippen molar-refractivity contribution in [2.45, 2.75) is 39.3 Å². The van der Waals surface area contributed by atoms with Gasteiger partial charge in [0.2, 0.25) is 5.91 Å². The van der Waals surface area contributed by atoms with Crippen molar-refractivity contribution in [3.8, 4) is 6.07 Å². The standard InChI is InChI=1S/C22H23F2N3O2/c1-15(2)27(14-17-7-5-16(13-25)6-8-17)21(28)4-3-11-26-22(29)19-10-9-18(23)12-20(19)24/h5-10,12,15H,3-4,11,14H2,1-2H3,(H,26,29). The van der Waals surface area contributed by atoms with E-state index in [4.69, 9.17) is 5.26 Å². The Balaban J connectivity index is 1.85. The van der Waals surface area contributed by atoms with Crippen LogP contribution >= 0.6 is 0 Å².